The van der Waals surface area contributed by atoms with Crippen molar-refractivity contribution in [2.45, 2.75) is 64.8 Å². The molecule has 1 aliphatic carbocycles. The van der Waals surface area contributed by atoms with E-state index >= 15 is 0 Å². The van der Waals surface area contributed by atoms with Crippen molar-refractivity contribution in [3.05, 3.63) is 0 Å². The second kappa shape index (κ2) is 7.36. The van der Waals surface area contributed by atoms with Crippen LogP contribution in [0.5, 0.6) is 0 Å². The van der Waals surface area contributed by atoms with E-state index in [1.165, 1.54) is 0 Å². The van der Waals surface area contributed by atoms with Gasteiger partial charge in [0.2, 0.25) is 0 Å². The Bertz CT molecular complexity index is 408. The molecular weight excluding hydrogens is 294 g/mol. The van der Waals surface area contributed by atoms with Crippen LogP contribution in [0.25, 0.3) is 0 Å². The van der Waals surface area contributed by atoms with Crippen LogP contribution in [0.4, 0.5) is 4.79 Å². The molecule has 0 radical (unpaired) electrons. The van der Waals surface area contributed by atoms with Crippen molar-refractivity contribution in [1.29, 1.82) is 0 Å². The van der Waals surface area contributed by atoms with Crippen LogP contribution in [0.2, 0.25) is 0 Å². The molecule has 5 atom stereocenters. The van der Waals surface area contributed by atoms with E-state index in [9.17, 15) is 4.79 Å². The molecule has 2 aliphatic rings. The number of rotatable bonds is 6. The third kappa shape index (κ3) is 4.58. The number of alkyl carbamates (subject to hydrolysis) is 1. The summed E-state index contributed by atoms with van der Waals surface area (Å²) in [5.41, 5.74) is 5.37. The number of ether oxygens (including phenoxy) is 2. The molecule has 23 heavy (non-hydrogen) atoms. The summed E-state index contributed by atoms with van der Waals surface area (Å²) in [5.74, 6) is 1.35. The van der Waals surface area contributed by atoms with Crippen LogP contribution < -0.4 is 16.4 Å². The molecule has 5 unspecified atom stereocenters. The van der Waals surface area contributed by atoms with Gasteiger partial charge in [0.15, 0.2) is 0 Å². The van der Waals surface area contributed by atoms with Crippen LogP contribution >= 0.6 is 0 Å². The molecule has 0 aromatic rings. The van der Waals surface area contributed by atoms with E-state index in [1.54, 1.807) is 0 Å². The van der Waals surface area contributed by atoms with Gasteiger partial charge in [-0.2, -0.15) is 0 Å². The molecule has 0 spiro atoms. The zero-order chi connectivity index (χ0) is 17.2. The first-order valence-electron chi connectivity index (χ1n) is 8.77. The van der Waals surface area contributed by atoms with E-state index in [1.807, 2.05) is 20.8 Å². The smallest absolute Gasteiger partial charge is 0.407 e. The molecule has 1 heterocycles. The summed E-state index contributed by atoms with van der Waals surface area (Å²) in [7, 11) is 0. The molecule has 4 N–H and O–H groups in total. The van der Waals surface area contributed by atoms with Gasteiger partial charge < -0.3 is 25.8 Å². The van der Waals surface area contributed by atoms with Crippen LogP contribution in [-0.2, 0) is 9.47 Å². The molecular formula is C17H33N3O3. The zero-order valence-corrected chi connectivity index (χ0v) is 15.1. The van der Waals surface area contributed by atoms with E-state index in [2.05, 4.69) is 24.5 Å². The number of amides is 1. The van der Waals surface area contributed by atoms with Gasteiger partial charge in [-0.05, 0) is 52.1 Å². The van der Waals surface area contributed by atoms with Crippen molar-refractivity contribution in [2.24, 2.45) is 23.5 Å². The molecule has 2 rings (SSSR count). The van der Waals surface area contributed by atoms with Crippen molar-refractivity contribution in [3.63, 3.8) is 0 Å². The molecule has 2 fully saturated rings. The predicted molar refractivity (Wildman–Crippen MR) is 90.2 cm³/mol. The van der Waals surface area contributed by atoms with Gasteiger partial charge in [0.25, 0.3) is 0 Å². The van der Waals surface area contributed by atoms with E-state index in [0.717, 1.165) is 19.6 Å². The van der Waals surface area contributed by atoms with Crippen molar-refractivity contribution in [1.82, 2.24) is 10.6 Å². The standard InChI is InChI=1S/C17H33N3O3/c1-10(2)11(8-18)9-19-14-13(12-6-7-22-15(12)14)20-16(21)23-17(3,4)5/h10-15,19H,6-9,18H2,1-5H3,(H,20,21). The molecule has 0 bridgehead atoms. The van der Waals surface area contributed by atoms with E-state index < -0.39 is 5.60 Å². The third-order valence-corrected chi connectivity index (χ3v) is 4.93. The Morgan fingerprint density at radius 1 is 1.35 bits per heavy atom. The van der Waals surface area contributed by atoms with Crippen molar-refractivity contribution >= 4 is 6.09 Å². The van der Waals surface area contributed by atoms with Crippen molar-refractivity contribution in [2.75, 3.05) is 19.7 Å². The van der Waals surface area contributed by atoms with Gasteiger partial charge in [0.1, 0.15) is 5.60 Å². The minimum Gasteiger partial charge on any atom is -0.444 e. The highest BCUT2D eigenvalue weighted by Crippen LogP contribution is 2.39. The Balaban J connectivity index is 1.90. The molecule has 1 saturated heterocycles. The Kier molecular flexibility index (Phi) is 5.92. The lowest BCUT2D eigenvalue weighted by molar-refractivity contribution is -0.0352. The Morgan fingerprint density at radius 2 is 2.04 bits per heavy atom. The average Bonchev–Trinajstić information content (AvgIpc) is 2.83. The fraction of sp³-hybridized carbons (Fsp3) is 0.941. The molecule has 1 amide bonds. The van der Waals surface area contributed by atoms with Crippen molar-refractivity contribution in [3.8, 4) is 0 Å². The number of hydrogen-bond acceptors (Lipinski definition) is 5. The Hall–Kier alpha value is -0.850. The first-order chi connectivity index (χ1) is 10.7. The van der Waals surface area contributed by atoms with Crippen molar-refractivity contribution < 1.29 is 14.3 Å². The van der Waals surface area contributed by atoms with E-state index in [4.69, 9.17) is 15.2 Å². The number of fused-ring (bicyclic) bond motifs is 1. The highest BCUT2D eigenvalue weighted by Gasteiger charge is 2.54. The maximum Gasteiger partial charge on any atom is 0.407 e. The maximum absolute atomic E-state index is 12.1. The third-order valence-electron chi connectivity index (χ3n) is 4.93. The Morgan fingerprint density at radius 3 is 2.61 bits per heavy atom. The van der Waals surface area contributed by atoms with Gasteiger partial charge in [0, 0.05) is 12.5 Å². The average molecular weight is 327 g/mol. The minimum absolute atomic E-state index is 0.0722. The summed E-state index contributed by atoms with van der Waals surface area (Å²) in [6.07, 6.45) is 0.841. The minimum atomic E-state index is -0.482. The van der Waals surface area contributed by atoms with E-state index in [-0.39, 0.29) is 24.3 Å². The number of hydrogen-bond donors (Lipinski definition) is 3. The summed E-state index contributed by atoms with van der Waals surface area (Å²) in [6.45, 7) is 12.3. The summed E-state index contributed by atoms with van der Waals surface area (Å²) in [6, 6.07) is 0.214. The van der Waals surface area contributed by atoms with Crippen LogP contribution in [0.15, 0.2) is 0 Å². The first-order valence-corrected chi connectivity index (χ1v) is 8.77. The monoisotopic (exact) mass is 327 g/mol. The molecule has 0 aromatic carbocycles. The van der Waals surface area contributed by atoms with Gasteiger partial charge in [-0.25, -0.2) is 4.79 Å². The number of carbonyl (C=O) groups is 1. The normalized spacial score (nSPS) is 31.4. The lowest BCUT2D eigenvalue weighted by Crippen LogP contribution is -2.70. The SMILES string of the molecule is CC(C)C(CN)CNC1C(NC(=O)OC(C)(C)C)C2CCOC21. The fourth-order valence-corrected chi connectivity index (χ4v) is 3.47. The van der Waals surface area contributed by atoms with Gasteiger partial charge in [0.05, 0.1) is 18.2 Å². The number of nitrogens with one attached hydrogen (secondary N) is 2. The molecule has 6 nitrogen and oxygen atoms in total. The fourth-order valence-electron chi connectivity index (χ4n) is 3.47. The Labute approximate surface area is 139 Å². The maximum atomic E-state index is 12.1. The van der Waals surface area contributed by atoms with Crippen LogP contribution in [-0.4, -0.2) is 49.6 Å². The van der Waals surface area contributed by atoms with Crippen LogP contribution in [0.3, 0.4) is 0 Å². The lowest BCUT2D eigenvalue weighted by Gasteiger charge is -2.48. The highest BCUT2D eigenvalue weighted by molar-refractivity contribution is 5.68. The van der Waals surface area contributed by atoms with E-state index in [0.29, 0.717) is 24.3 Å². The first kappa shape index (κ1) is 18.5. The topological polar surface area (TPSA) is 85.6 Å². The second-order valence-corrected chi connectivity index (χ2v) is 8.13. The van der Waals surface area contributed by atoms with Crippen LogP contribution in [0.1, 0.15) is 41.0 Å². The predicted octanol–water partition coefficient (Wildman–Crippen LogP) is 1.49. The summed E-state index contributed by atoms with van der Waals surface area (Å²) < 4.78 is 11.2. The van der Waals surface area contributed by atoms with Gasteiger partial charge in [-0.15, -0.1) is 0 Å². The molecule has 1 saturated carbocycles. The molecule has 0 aromatic heterocycles. The van der Waals surface area contributed by atoms with Gasteiger partial charge in [-0.1, -0.05) is 13.8 Å². The number of nitrogens with two attached hydrogens (primary N) is 1. The summed E-state index contributed by atoms with van der Waals surface area (Å²) in [4.78, 5) is 12.1. The largest absolute Gasteiger partial charge is 0.444 e. The molecule has 1 aliphatic heterocycles. The highest BCUT2D eigenvalue weighted by atomic mass is 16.6. The van der Waals surface area contributed by atoms with Gasteiger partial charge in [-0.3, -0.25) is 0 Å². The molecule has 134 valence electrons. The lowest BCUT2D eigenvalue weighted by atomic mass is 9.71. The number of carbonyl (C=O) groups excluding carboxylic acids is 1. The van der Waals surface area contributed by atoms with Gasteiger partial charge >= 0.3 is 6.09 Å². The quantitative estimate of drug-likeness (QED) is 0.688. The zero-order valence-electron chi connectivity index (χ0n) is 15.1. The second-order valence-electron chi connectivity index (χ2n) is 8.13. The van der Waals surface area contributed by atoms with Crippen LogP contribution in [0, 0.1) is 17.8 Å². The molecule has 6 heteroatoms. The summed E-state index contributed by atoms with van der Waals surface area (Å²) >= 11 is 0. The summed E-state index contributed by atoms with van der Waals surface area (Å²) in [5, 5.41) is 6.60.